The molecule has 0 amide bonds. The van der Waals surface area contributed by atoms with E-state index >= 15 is 0 Å². The minimum atomic E-state index is 0.388. The molecule has 0 saturated heterocycles. The van der Waals surface area contributed by atoms with Gasteiger partial charge in [-0.05, 0) is 0 Å². The van der Waals surface area contributed by atoms with Crippen molar-refractivity contribution in [3.63, 3.8) is 0 Å². The predicted molar refractivity (Wildman–Crippen MR) is 30.4 cm³/mol. The van der Waals surface area contributed by atoms with E-state index < -0.39 is 0 Å². The number of hydrogen-bond donors (Lipinski definition) is 2. The molecule has 0 radical (unpaired) electrons. The monoisotopic (exact) mass is 115 g/mol. The Hall–Kier alpha value is -0.770. The summed E-state index contributed by atoms with van der Waals surface area (Å²) < 4.78 is 4.95. The minimum Gasteiger partial charge on any atom is -0.463 e. The normalized spacial score (nSPS) is 17.4. The summed E-state index contributed by atoms with van der Waals surface area (Å²) in [6.07, 6.45) is 0. The molecule has 0 bridgehead atoms. The van der Waals surface area contributed by atoms with Gasteiger partial charge in [0.05, 0.1) is 13.2 Å². The molecule has 3 N–H and O–H groups in total. The molecule has 0 aromatic heterocycles. The third-order valence-electron chi connectivity index (χ3n) is 0.839. The van der Waals surface area contributed by atoms with E-state index in [1.165, 1.54) is 0 Å². The molecular formula is C4H9N3O. The lowest BCUT2D eigenvalue weighted by Crippen LogP contribution is -2.29. The third-order valence-corrected chi connectivity index (χ3v) is 0.839. The Morgan fingerprint density at radius 2 is 2.75 bits per heavy atom. The summed E-state index contributed by atoms with van der Waals surface area (Å²) in [5, 5.41) is 2.75. The van der Waals surface area contributed by atoms with E-state index in [9.17, 15) is 0 Å². The molecule has 0 fully saturated rings. The van der Waals surface area contributed by atoms with E-state index in [-0.39, 0.29) is 0 Å². The Balaban J connectivity index is 2.23. The van der Waals surface area contributed by atoms with Gasteiger partial charge in [-0.3, -0.25) is 0 Å². The number of hydrogen-bond acceptors (Lipinski definition) is 4. The first-order valence-corrected chi connectivity index (χ1v) is 2.54. The van der Waals surface area contributed by atoms with Gasteiger partial charge in [0.15, 0.2) is 0 Å². The van der Waals surface area contributed by atoms with Gasteiger partial charge in [0.25, 0.3) is 6.02 Å². The van der Waals surface area contributed by atoms with Gasteiger partial charge in [-0.15, -0.1) is 0 Å². The Bertz CT molecular complexity index is 101. The first-order chi connectivity index (χ1) is 3.93. The molecule has 46 valence electrons. The second-order valence-electron chi connectivity index (χ2n) is 1.42. The summed E-state index contributed by atoms with van der Waals surface area (Å²) in [5.74, 6) is 0. The van der Waals surface area contributed by atoms with E-state index in [0.29, 0.717) is 19.3 Å². The number of nitrogens with two attached hydrogens (primary N) is 1. The third kappa shape index (κ3) is 1.10. The lowest BCUT2D eigenvalue weighted by Gasteiger charge is -1.99. The van der Waals surface area contributed by atoms with Gasteiger partial charge >= 0.3 is 0 Å². The number of nitrogens with one attached hydrogen (secondary N) is 1. The lowest BCUT2D eigenvalue weighted by molar-refractivity contribution is 0.332. The molecule has 1 aliphatic heterocycles. The minimum absolute atomic E-state index is 0.388. The molecule has 0 aromatic rings. The van der Waals surface area contributed by atoms with E-state index in [0.717, 1.165) is 6.54 Å². The SMILES string of the molecule is NCNC1=NCCO1. The average Bonchev–Trinajstić information content (AvgIpc) is 2.19. The number of amidine groups is 1. The average molecular weight is 115 g/mol. The van der Waals surface area contributed by atoms with E-state index in [4.69, 9.17) is 10.5 Å². The van der Waals surface area contributed by atoms with Crippen LogP contribution in [0.25, 0.3) is 0 Å². The fourth-order valence-corrected chi connectivity index (χ4v) is 0.529. The predicted octanol–water partition coefficient (Wildman–Crippen LogP) is -1.12. The second-order valence-corrected chi connectivity index (χ2v) is 1.42. The van der Waals surface area contributed by atoms with Crippen LogP contribution in [-0.4, -0.2) is 25.8 Å². The van der Waals surface area contributed by atoms with Gasteiger partial charge in [-0.25, -0.2) is 4.99 Å². The van der Waals surface area contributed by atoms with Crippen molar-refractivity contribution in [1.82, 2.24) is 5.32 Å². The summed E-state index contributed by atoms with van der Waals surface area (Å²) >= 11 is 0. The quantitative estimate of drug-likeness (QED) is 0.425. The Morgan fingerprint density at radius 3 is 3.25 bits per heavy atom. The zero-order chi connectivity index (χ0) is 5.82. The standard InChI is InChI=1S/C4H9N3O/c5-3-7-4-6-1-2-8-4/h1-3,5H2,(H,6,7). The molecule has 0 spiro atoms. The lowest BCUT2D eigenvalue weighted by atomic mass is 10.8. The van der Waals surface area contributed by atoms with Crippen molar-refractivity contribution in [2.75, 3.05) is 19.8 Å². The molecule has 1 rings (SSSR count). The number of ether oxygens (including phenoxy) is 1. The molecule has 4 nitrogen and oxygen atoms in total. The largest absolute Gasteiger partial charge is 0.463 e. The van der Waals surface area contributed by atoms with Gasteiger partial charge in [0.2, 0.25) is 0 Å². The molecule has 1 aliphatic rings. The van der Waals surface area contributed by atoms with Gasteiger partial charge in [0, 0.05) is 0 Å². The first-order valence-electron chi connectivity index (χ1n) is 2.54. The van der Waals surface area contributed by atoms with Crippen molar-refractivity contribution in [3.05, 3.63) is 0 Å². The zero-order valence-electron chi connectivity index (χ0n) is 4.55. The van der Waals surface area contributed by atoms with Crippen LogP contribution < -0.4 is 11.1 Å². The van der Waals surface area contributed by atoms with Crippen molar-refractivity contribution in [2.45, 2.75) is 0 Å². The van der Waals surface area contributed by atoms with Crippen LogP contribution in [-0.2, 0) is 4.74 Å². The molecule has 4 heteroatoms. The highest BCUT2D eigenvalue weighted by Gasteiger charge is 2.02. The van der Waals surface area contributed by atoms with Gasteiger partial charge in [0.1, 0.15) is 6.61 Å². The number of rotatable bonds is 1. The summed E-state index contributed by atoms with van der Waals surface area (Å²) in [4.78, 5) is 3.93. The number of aliphatic imine (C=N–C) groups is 1. The van der Waals surface area contributed by atoms with Crippen molar-refractivity contribution in [1.29, 1.82) is 0 Å². The maximum absolute atomic E-state index is 5.14. The smallest absolute Gasteiger partial charge is 0.285 e. The number of nitrogens with zero attached hydrogens (tertiary/aromatic N) is 1. The van der Waals surface area contributed by atoms with E-state index in [1.54, 1.807) is 0 Å². The Labute approximate surface area is 47.7 Å². The topological polar surface area (TPSA) is 59.6 Å². The summed E-state index contributed by atoms with van der Waals surface area (Å²) in [5.41, 5.74) is 5.14. The van der Waals surface area contributed by atoms with Crippen molar-refractivity contribution >= 4 is 6.02 Å². The first kappa shape index (κ1) is 5.37. The van der Waals surface area contributed by atoms with Crippen LogP contribution in [0.4, 0.5) is 0 Å². The summed E-state index contributed by atoms with van der Waals surface area (Å²) in [6, 6.07) is 0.576. The summed E-state index contributed by atoms with van der Waals surface area (Å²) in [6.45, 7) is 1.82. The molecule has 0 atom stereocenters. The van der Waals surface area contributed by atoms with Gasteiger partial charge in [-0.1, -0.05) is 0 Å². The second kappa shape index (κ2) is 2.52. The Kier molecular flexibility index (Phi) is 1.69. The van der Waals surface area contributed by atoms with Crippen molar-refractivity contribution in [2.24, 2.45) is 10.7 Å². The van der Waals surface area contributed by atoms with Crippen LogP contribution in [0.5, 0.6) is 0 Å². The summed E-state index contributed by atoms with van der Waals surface area (Å²) in [7, 11) is 0. The highest BCUT2D eigenvalue weighted by Crippen LogP contribution is 1.87. The molecule has 1 heterocycles. The van der Waals surface area contributed by atoms with E-state index in [1.807, 2.05) is 0 Å². The maximum Gasteiger partial charge on any atom is 0.285 e. The molecule has 8 heavy (non-hydrogen) atoms. The zero-order valence-corrected chi connectivity index (χ0v) is 4.55. The van der Waals surface area contributed by atoms with Gasteiger partial charge in [-0.2, -0.15) is 0 Å². The van der Waals surface area contributed by atoms with Crippen LogP contribution in [0.15, 0.2) is 4.99 Å². The fraction of sp³-hybridized carbons (Fsp3) is 0.750. The van der Waals surface area contributed by atoms with Crippen LogP contribution in [0.1, 0.15) is 0 Å². The van der Waals surface area contributed by atoms with Gasteiger partial charge < -0.3 is 15.8 Å². The Morgan fingerprint density at radius 1 is 1.88 bits per heavy atom. The molecule has 0 aromatic carbocycles. The van der Waals surface area contributed by atoms with Crippen molar-refractivity contribution < 1.29 is 4.74 Å². The molecule has 0 aliphatic carbocycles. The fourth-order valence-electron chi connectivity index (χ4n) is 0.529. The van der Waals surface area contributed by atoms with E-state index in [2.05, 4.69) is 10.3 Å². The maximum atomic E-state index is 5.14. The molecular weight excluding hydrogens is 106 g/mol. The highest BCUT2D eigenvalue weighted by atomic mass is 16.5. The molecule has 0 saturated carbocycles. The van der Waals surface area contributed by atoms with Crippen molar-refractivity contribution in [3.8, 4) is 0 Å². The van der Waals surface area contributed by atoms with Crippen LogP contribution >= 0.6 is 0 Å². The molecule has 0 unspecified atom stereocenters. The van der Waals surface area contributed by atoms with Crippen LogP contribution in [0, 0.1) is 0 Å². The van der Waals surface area contributed by atoms with Crippen LogP contribution in [0.2, 0.25) is 0 Å². The van der Waals surface area contributed by atoms with Crippen LogP contribution in [0.3, 0.4) is 0 Å². The highest BCUT2D eigenvalue weighted by molar-refractivity contribution is 5.74.